The Bertz CT molecular complexity index is 175. The van der Waals surface area contributed by atoms with Crippen molar-refractivity contribution in [1.29, 1.82) is 0 Å². The van der Waals surface area contributed by atoms with Gasteiger partial charge >= 0.3 is 6.09 Å². The van der Waals surface area contributed by atoms with Gasteiger partial charge in [0, 0.05) is 6.54 Å². The number of cyclic esters (lactones) is 1. The summed E-state index contributed by atoms with van der Waals surface area (Å²) in [6.07, 6.45) is 1.88. The van der Waals surface area contributed by atoms with Gasteiger partial charge in [-0.1, -0.05) is 0 Å². The molecule has 4 nitrogen and oxygen atoms in total. The second kappa shape index (κ2) is 2.37. The summed E-state index contributed by atoms with van der Waals surface area (Å²) in [6, 6.07) is 0. The van der Waals surface area contributed by atoms with E-state index in [-0.39, 0.29) is 11.6 Å². The molecule has 0 bridgehead atoms. The van der Waals surface area contributed by atoms with Gasteiger partial charge < -0.3 is 15.4 Å². The van der Waals surface area contributed by atoms with Gasteiger partial charge in [0.1, 0.15) is 6.61 Å². The fourth-order valence-corrected chi connectivity index (χ4v) is 1.69. The summed E-state index contributed by atoms with van der Waals surface area (Å²) in [6.45, 7) is 2.43. The van der Waals surface area contributed by atoms with Crippen LogP contribution in [0.5, 0.6) is 0 Å². The molecule has 11 heavy (non-hydrogen) atoms. The molecule has 2 saturated heterocycles. The molecule has 1 spiro atoms. The van der Waals surface area contributed by atoms with Gasteiger partial charge in [0.2, 0.25) is 0 Å². The third kappa shape index (κ3) is 1.18. The lowest BCUT2D eigenvalue weighted by Crippen LogP contribution is -2.54. The molecule has 1 unspecified atom stereocenters. The maximum atomic E-state index is 10.8. The summed E-state index contributed by atoms with van der Waals surface area (Å²) >= 11 is 0. The Morgan fingerprint density at radius 2 is 2.45 bits per heavy atom. The maximum absolute atomic E-state index is 10.8. The molecule has 0 aromatic heterocycles. The third-order valence-corrected chi connectivity index (χ3v) is 2.32. The number of rotatable bonds is 0. The first-order valence-electron chi connectivity index (χ1n) is 3.96. The summed E-state index contributed by atoms with van der Waals surface area (Å²) in [5.74, 6) is 0. The second-order valence-corrected chi connectivity index (χ2v) is 3.26. The van der Waals surface area contributed by atoms with Crippen LogP contribution in [-0.4, -0.2) is 31.3 Å². The van der Waals surface area contributed by atoms with E-state index in [0.29, 0.717) is 6.61 Å². The zero-order valence-electron chi connectivity index (χ0n) is 6.35. The first-order chi connectivity index (χ1) is 5.31. The molecule has 0 aliphatic carbocycles. The Hall–Kier alpha value is -0.770. The van der Waals surface area contributed by atoms with Crippen molar-refractivity contribution in [2.45, 2.75) is 18.4 Å². The molecule has 62 valence electrons. The quantitative estimate of drug-likeness (QED) is 0.512. The van der Waals surface area contributed by atoms with Crippen LogP contribution < -0.4 is 10.6 Å². The van der Waals surface area contributed by atoms with E-state index >= 15 is 0 Å². The molecule has 2 fully saturated rings. The van der Waals surface area contributed by atoms with Crippen LogP contribution in [0.2, 0.25) is 0 Å². The molecule has 0 saturated carbocycles. The lowest BCUT2D eigenvalue weighted by Gasteiger charge is -2.30. The minimum Gasteiger partial charge on any atom is -0.447 e. The number of alkyl carbamates (subject to hydrolysis) is 1. The molecule has 0 radical (unpaired) electrons. The topological polar surface area (TPSA) is 50.4 Å². The number of ether oxygens (including phenoxy) is 1. The minimum absolute atomic E-state index is 0.0880. The summed E-state index contributed by atoms with van der Waals surface area (Å²) in [7, 11) is 0. The van der Waals surface area contributed by atoms with Crippen LogP contribution in [0, 0.1) is 0 Å². The summed E-state index contributed by atoms with van der Waals surface area (Å²) < 4.78 is 4.86. The van der Waals surface area contributed by atoms with E-state index in [2.05, 4.69) is 10.6 Å². The molecule has 0 aromatic carbocycles. The lowest BCUT2D eigenvalue weighted by atomic mass is 9.92. The molecular formula is C7H12N2O2. The molecule has 2 N–H and O–H groups in total. The van der Waals surface area contributed by atoms with Crippen LogP contribution in [0.25, 0.3) is 0 Å². The van der Waals surface area contributed by atoms with Crippen molar-refractivity contribution in [1.82, 2.24) is 10.6 Å². The van der Waals surface area contributed by atoms with E-state index in [1.807, 2.05) is 0 Å². The molecule has 0 aromatic rings. The van der Waals surface area contributed by atoms with Crippen molar-refractivity contribution >= 4 is 6.09 Å². The van der Waals surface area contributed by atoms with Crippen LogP contribution in [0.15, 0.2) is 0 Å². The number of piperidine rings is 1. The Balaban J connectivity index is 2.03. The molecule has 2 rings (SSSR count). The SMILES string of the molecule is O=C1NC2(CCCNC2)CO1. The normalized spacial score (nSPS) is 36.9. The Morgan fingerprint density at radius 3 is 3.00 bits per heavy atom. The molecular weight excluding hydrogens is 144 g/mol. The Morgan fingerprint density at radius 1 is 1.55 bits per heavy atom. The van der Waals surface area contributed by atoms with Crippen LogP contribution >= 0.6 is 0 Å². The van der Waals surface area contributed by atoms with E-state index in [0.717, 1.165) is 25.9 Å². The van der Waals surface area contributed by atoms with Crippen molar-refractivity contribution in [3.8, 4) is 0 Å². The fraction of sp³-hybridized carbons (Fsp3) is 0.857. The van der Waals surface area contributed by atoms with Gasteiger partial charge in [-0.3, -0.25) is 0 Å². The van der Waals surface area contributed by atoms with Crippen LogP contribution in [0.3, 0.4) is 0 Å². The van der Waals surface area contributed by atoms with Crippen LogP contribution in [0.1, 0.15) is 12.8 Å². The predicted molar refractivity (Wildman–Crippen MR) is 39.3 cm³/mol. The van der Waals surface area contributed by atoms with Gasteiger partial charge in [-0.15, -0.1) is 0 Å². The minimum atomic E-state index is -0.270. The molecule has 2 aliphatic heterocycles. The number of amides is 1. The van der Waals surface area contributed by atoms with Gasteiger partial charge in [0.15, 0.2) is 0 Å². The molecule has 2 heterocycles. The highest BCUT2D eigenvalue weighted by Gasteiger charge is 2.40. The number of carbonyl (C=O) groups excluding carboxylic acids is 1. The highest BCUT2D eigenvalue weighted by Crippen LogP contribution is 2.20. The number of hydrogen-bond donors (Lipinski definition) is 2. The van der Waals surface area contributed by atoms with E-state index < -0.39 is 0 Å². The number of carbonyl (C=O) groups is 1. The van der Waals surface area contributed by atoms with Gasteiger partial charge in [-0.25, -0.2) is 4.79 Å². The van der Waals surface area contributed by atoms with Crippen LogP contribution in [-0.2, 0) is 4.74 Å². The van der Waals surface area contributed by atoms with Crippen molar-refractivity contribution in [3.05, 3.63) is 0 Å². The zero-order valence-corrected chi connectivity index (χ0v) is 6.35. The third-order valence-electron chi connectivity index (χ3n) is 2.32. The average Bonchev–Trinajstić information content (AvgIpc) is 2.34. The fourth-order valence-electron chi connectivity index (χ4n) is 1.69. The Labute approximate surface area is 65.3 Å². The Kier molecular flexibility index (Phi) is 1.49. The first kappa shape index (κ1) is 6.91. The van der Waals surface area contributed by atoms with Gasteiger partial charge in [0.25, 0.3) is 0 Å². The van der Waals surface area contributed by atoms with Crippen molar-refractivity contribution in [2.75, 3.05) is 19.7 Å². The smallest absolute Gasteiger partial charge is 0.407 e. The van der Waals surface area contributed by atoms with Crippen LogP contribution in [0.4, 0.5) is 4.79 Å². The van der Waals surface area contributed by atoms with Gasteiger partial charge in [0.05, 0.1) is 5.54 Å². The van der Waals surface area contributed by atoms with E-state index in [9.17, 15) is 4.79 Å². The lowest BCUT2D eigenvalue weighted by molar-refractivity contribution is 0.167. The number of hydrogen-bond acceptors (Lipinski definition) is 3. The second-order valence-electron chi connectivity index (χ2n) is 3.26. The molecule has 2 aliphatic rings. The van der Waals surface area contributed by atoms with E-state index in [1.165, 1.54) is 0 Å². The van der Waals surface area contributed by atoms with Gasteiger partial charge in [-0.2, -0.15) is 0 Å². The molecule has 1 amide bonds. The number of nitrogens with one attached hydrogen (secondary N) is 2. The predicted octanol–water partition coefficient (Wildman–Crippen LogP) is -0.152. The van der Waals surface area contributed by atoms with Crippen molar-refractivity contribution in [2.24, 2.45) is 0 Å². The summed E-state index contributed by atoms with van der Waals surface area (Å²) in [5, 5.41) is 6.09. The first-order valence-corrected chi connectivity index (χ1v) is 3.96. The largest absolute Gasteiger partial charge is 0.447 e. The standard InChI is InChI=1S/C7H12N2O2/c10-6-9-7(5-11-6)2-1-3-8-4-7/h8H,1-5H2,(H,9,10). The van der Waals surface area contributed by atoms with Gasteiger partial charge in [-0.05, 0) is 19.4 Å². The summed E-state index contributed by atoms with van der Waals surface area (Å²) in [5.41, 5.74) is -0.0880. The average molecular weight is 156 g/mol. The molecule has 4 heteroatoms. The molecule has 1 atom stereocenters. The monoisotopic (exact) mass is 156 g/mol. The van der Waals surface area contributed by atoms with E-state index in [1.54, 1.807) is 0 Å². The highest BCUT2D eigenvalue weighted by molar-refractivity contribution is 5.70. The van der Waals surface area contributed by atoms with Crippen molar-refractivity contribution in [3.63, 3.8) is 0 Å². The van der Waals surface area contributed by atoms with Crippen molar-refractivity contribution < 1.29 is 9.53 Å². The highest BCUT2D eigenvalue weighted by atomic mass is 16.6. The summed E-state index contributed by atoms with van der Waals surface area (Å²) in [4.78, 5) is 10.8. The maximum Gasteiger partial charge on any atom is 0.407 e. The van der Waals surface area contributed by atoms with E-state index in [4.69, 9.17) is 4.74 Å². The zero-order chi connectivity index (χ0) is 7.73.